The van der Waals surface area contributed by atoms with Crippen molar-refractivity contribution in [1.82, 2.24) is 14.8 Å². The second-order valence-electron chi connectivity index (χ2n) is 6.83. The number of rotatable bonds is 5. The van der Waals surface area contributed by atoms with Crippen LogP contribution in [-0.2, 0) is 17.8 Å². The first-order valence-corrected chi connectivity index (χ1v) is 8.18. The lowest BCUT2D eigenvalue weighted by molar-refractivity contribution is -0.125. The van der Waals surface area contributed by atoms with Gasteiger partial charge in [0.25, 0.3) is 0 Å². The van der Waals surface area contributed by atoms with Crippen LogP contribution in [0, 0.1) is 5.41 Å². The van der Waals surface area contributed by atoms with Gasteiger partial charge in [-0.2, -0.15) is 5.10 Å². The fraction of sp³-hybridized carbons (Fsp3) is 0.389. The predicted molar refractivity (Wildman–Crippen MR) is 96.4 cm³/mol. The van der Waals surface area contributed by atoms with Crippen molar-refractivity contribution in [2.45, 2.75) is 40.2 Å². The highest BCUT2D eigenvalue weighted by atomic mass is 16.1. The molecule has 3 aromatic rings. The quantitative estimate of drug-likeness (QED) is 0.753. The Morgan fingerprint density at radius 2 is 2.00 bits per heavy atom. The lowest BCUT2D eigenvalue weighted by Gasteiger charge is -2.21. The van der Waals surface area contributed by atoms with Crippen LogP contribution >= 0.6 is 0 Å². The molecule has 2 aromatic heterocycles. The van der Waals surface area contributed by atoms with E-state index < -0.39 is 5.41 Å². The standard InChI is InChI=1S/C18H23N5O/c1-4-9-23-13(10-18(2,3)17(20)24)14-11-7-5-6-8-12(11)21-16(19)15(14)22-23/h5-8H,4,9-10H2,1-3H3,(H2,19,21)(H2,20,24). The van der Waals surface area contributed by atoms with Crippen molar-refractivity contribution in [3.63, 3.8) is 0 Å². The molecule has 0 atom stereocenters. The number of aryl methyl sites for hydroxylation is 1. The number of para-hydroxylation sites is 1. The number of pyridine rings is 1. The highest BCUT2D eigenvalue weighted by Gasteiger charge is 2.29. The molecule has 0 saturated heterocycles. The molecule has 0 bridgehead atoms. The number of carbonyl (C=O) groups excluding carboxylic acids is 1. The highest BCUT2D eigenvalue weighted by Crippen LogP contribution is 2.34. The monoisotopic (exact) mass is 325 g/mol. The topological polar surface area (TPSA) is 99.8 Å². The van der Waals surface area contributed by atoms with Crippen molar-refractivity contribution < 1.29 is 4.79 Å². The van der Waals surface area contributed by atoms with Gasteiger partial charge in [-0.25, -0.2) is 4.98 Å². The number of nitrogens with two attached hydrogens (primary N) is 2. The number of amides is 1. The fourth-order valence-electron chi connectivity index (χ4n) is 3.01. The predicted octanol–water partition coefficient (Wildman–Crippen LogP) is 2.63. The molecule has 0 aliphatic carbocycles. The second kappa shape index (κ2) is 5.78. The van der Waals surface area contributed by atoms with Gasteiger partial charge >= 0.3 is 0 Å². The molecule has 6 heteroatoms. The molecular weight excluding hydrogens is 302 g/mol. The van der Waals surface area contributed by atoms with Crippen molar-refractivity contribution in [1.29, 1.82) is 0 Å². The summed E-state index contributed by atoms with van der Waals surface area (Å²) in [5.74, 6) is 0.0860. The minimum Gasteiger partial charge on any atom is -0.382 e. The van der Waals surface area contributed by atoms with Crippen LogP contribution in [0.3, 0.4) is 0 Å². The van der Waals surface area contributed by atoms with Gasteiger partial charge in [0.05, 0.1) is 5.52 Å². The number of benzene rings is 1. The smallest absolute Gasteiger partial charge is 0.223 e. The lowest BCUT2D eigenvalue weighted by Crippen LogP contribution is -2.34. The van der Waals surface area contributed by atoms with Crippen molar-refractivity contribution in [3.8, 4) is 0 Å². The molecule has 1 aromatic carbocycles. The summed E-state index contributed by atoms with van der Waals surface area (Å²) < 4.78 is 1.94. The molecule has 0 spiro atoms. The first-order chi connectivity index (χ1) is 11.3. The summed E-state index contributed by atoms with van der Waals surface area (Å²) in [6, 6.07) is 7.86. The van der Waals surface area contributed by atoms with Gasteiger partial charge in [-0.15, -0.1) is 0 Å². The molecular formula is C18H23N5O. The highest BCUT2D eigenvalue weighted by molar-refractivity contribution is 6.09. The van der Waals surface area contributed by atoms with Crippen LogP contribution in [0.25, 0.3) is 21.8 Å². The van der Waals surface area contributed by atoms with E-state index in [0.717, 1.165) is 34.9 Å². The maximum absolute atomic E-state index is 11.8. The van der Waals surface area contributed by atoms with Gasteiger partial charge in [0.15, 0.2) is 5.82 Å². The molecule has 0 fully saturated rings. The largest absolute Gasteiger partial charge is 0.382 e. The molecule has 0 aliphatic rings. The van der Waals surface area contributed by atoms with Crippen LogP contribution in [0.5, 0.6) is 0 Å². The van der Waals surface area contributed by atoms with E-state index in [-0.39, 0.29) is 5.91 Å². The average molecular weight is 325 g/mol. The van der Waals surface area contributed by atoms with E-state index in [1.807, 2.05) is 42.8 Å². The van der Waals surface area contributed by atoms with Crippen molar-refractivity contribution in [3.05, 3.63) is 30.0 Å². The third kappa shape index (κ3) is 2.58. The lowest BCUT2D eigenvalue weighted by atomic mass is 9.86. The number of carbonyl (C=O) groups is 1. The molecule has 0 saturated carbocycles. The molecule has 0 radical (unpaired) electrons. The van der Waals surface area contributed by atoms with Gasteiger partial charge < -0.3 is 11.5 Å². The van der Waals surface area contributed by atoms with Crippen LogP contribution in [-0.4, -0.2) is 20.7 Å². The molecule has 24 heavy (non-hydrogen) atoms. The van der Waals surface area contributed by atoms with E-state index in [9.17, 15) is 4.79 Å². The summed E-state index contributed by atoms with van der Waals surface area (Å²) in [5, 5.41) is 6.65. The fourth-order valence-corrected chi connectivity index (χ4v) is 3.01. The first kappa shape index (κ1) is 16.2. The number of hydrogen-bond acceptors (Lipinski definition) is 4. The SMILES string of the molecule is CCCn1nc2c(N)nc3ccccc3c2c1CC(C)(C)C(N)=O. The van der Waals surface area contributed by atoms with Crippen LogP contribution in [0.2, 0.25) is 0 Å². The van der Waals surface area contributed by atoms with Crippen molar-refractivity contribution >= 4 is 33.5 Å². The minimum atomic E-state index is -0.669. The summed E-state index contributed by atoms with van der Waals surface area (Å²) in [6.07, 6.45) is 1.44. The molecule has 1 amide bonds. The molecule has 0 unspecified atom stereocenters. The zero-order valence-corrected chi connectivity index (χ0v) is 14.3. The van der Waals surface area contributed by atoms with Crippen LogP contribution in [0.15, 0.2) is 24.3 Å². The van der Waals surface area contributed by atoms with E-state index in [1.165, 1.54) is 0 Å². The van der Waals surface area contributed by atoms with E-state index in [4.69, 9.17) is 11.5 Å². The Bertz CT molecular complexity index is 926. The Labute approximate surface area is 140 Å². The van der Waals surface area contributed by atoms with Gasteiger partial charge in [0.2, 0.25) is 5.91 Å². The Morgan fingerprint density at radius 3 is 2.67 bits per heavy atom. The molecule has 2 heterocycles. The normalized spacial score (nSPS) is 12.1. The Kier molecular flexibility index (Phi) is 3.91. The Morgan fingerprint density at radius 1 is 1.29 bits per heavy atom. The third-order valence-corrected chi connectivity index (χ3v) is 4.43. The summed E-state index contributed by atoms with van der Waals surface area (Å²) in [7, 11) is 0. The Hall–Kier alpha value is -2.63. The van der Waals surface area contributed by atoms with Crippen LogP contribution in [0.1, 0.15) is 32.9 Å². The Balaban J connectivity index is 2.35. The minimum absolute atomic E-state index is 0.328. The van der Waals surface area contributed by atoms with Crippen molar-refractivity contribution in [2.24, 2.45) is 11.1 Å². The van der Waals surface area contributed by atoms with E-state index in [1.54, 1.807) is 0 Å². The number of hydrogen-bond donors (Lipinski definition) is 2. The number of nitrogens with zero attached hydrogens (tertiary/aromatic N) is 3. The number of primary amides is 1. The van der Waals surface area contributed by atoms with Crippen molar-refractivity contribution in [2.75, 3.05) is 5.73 Å². The molecule has 4 N–H and O–H groups in total. The molecule has 126 valence electrons. The van der Waals surface area contributed by atoms with Gasteiger partial charge in [0.1, 0.15) is 5.52 Å². The van der Waals surface area contributed by atoms with Gasteiger partial charge in [-0.05, 0) is 12.5 Å². The number of nitrogen functional groups attached to an aromatic ring is 1. The van der Waals surface area contributed by atoms with E-state index in [0.29, 0.717) is 17.8 Å². The number of aromatic nitrogens is 3. The number of fused-ring (bicyclic) bond motifs is 3. The van der Waals surface area contributed by atoms with Gasteiger partial charge in [-0.1, -0.05) is 39.0 Å². The maximum Gasteiger partial charge on any atom is 0.223 e. The molecule has 0 aliphatic heterocycles. The summed E-state index contributed by atoms with van der Waals surface area (Å²) in [5.41, 5.74) is 13.6. The molecule has 6 nitrogen and oxygen atoms in total. The number of anilines is 1. The zero-order valence-electron chi connectivity index (χ0n) is 14.3. The third-order valence-electron chi connectivity index (χ3n) is 4.43. The van der Waals surface area contributed by atoms with Gasteiger partial charge in [-0.3, -0.25) is 9.48 Å². The van der Waals surface area contributed by atoms with Crippen LogP contribution < -0.4 is 11.5 Å². The van der Waals surface area contributed by atoms with E-state index in [2.05, 4.69) is 17.0 Å². The zero-order chi connectivity index (χ0) is 17.5. The average Bonchev–Trinajstić information content (AvgIpc) is 2.87. The van der Waals surface area contributed by atoms with Gasteiger partial charge in [0, 0.05) is 34.8 Å². The summed E-state index contributed by atoms with van der Waals surface area (Å²) >= 11 is 0. The summed E-state index contributed by atoms with van der Waals surface area (Å²) in [4.78, 5) is 16.3. The summed E-state index contributed by atoms with van der Waals surface area (Å²) in [6.45, 7) is 6.57. The second-order valence-corrected chi connectivity index (χ2v) is 6.83. The van der Waals surface area contributed by atoms with Crippen LogP contribution in [0.4, 0.5) is 5.82 Å². The molecule has 3 rings (SSSR count). The maximum atomic E-state index is 11.8. The first-order valence-electron chi connectivity index (χ1n) is 8.18. The van der Waals surface area contributed by atoms with E-state index >= 15 is 0 Å².